The Morgan fingerprint density at radius 3 is 2.64 bits per heavy atom. The molecule has 10 heteroatoms. The maximum absolute atomic E-state index is 14.0. The van der Waals surface area contributed by atoms with Crippen molar-refractivity contribution in [2.24, 2.45) is 0 Å². The number of hydrogen-bond donors (Lipinski definition) is 0. The third-order valence-electron chi connectivity index (χ3n) is 3.58. The molecule has 0 radical (unpaired) electrons. The summed E-state index contributed by atoms with van der Waals surface area (Å²) in [5, 5.41) is 3.88. The SMILES string of the molecule is Fc1ccc(-c2cnc3nc(C(F)(F)F)ccn23)cc1-n1cncn1. The standard InChI is InChI=1S/C15H8F4N6/c16-10-2-1-9(5-11(10)25-8-20-7-22-25)12-6-21-14-23-13(15(17,18)19)3-4-24(12)14/h1-8H. The summed E-state index contributed by atoms with van der Waals surface area (Å²) in [5.74, 6) is -0.614. The van der Waals surface area contributed by atoms with Crippen molar-refractivity contribution >= 4 is 5.78 Å². The fourth-order valence-corrected chi connectivity index (χ4v) is 2.42. The summed E-state index contributed by atoms with van der Waals surface area (Å²) in [7, 11) is 0. The molecule has 126 valence electrons. The minimum atomic E-state index is -4.55. The van der Waals surface area contributed by atoms with E-state index in [-0.39, 0.29) is 11.5 Å². The molecule has 0 aliphatic rings. The minimum Gasteiger partial charge on any atom is -0.284 e. The normalized spacial score (nSPS) is 12.0. The maximum Gasteiger partial charge on any atom is 0.433 e. The van der Waals surface area contributed by atoms with Gasteiger partial charge in [0.25, 0.3) is 0 Å². The van der Waals surface area contributed by atoms with Gasteiger partial charge >= 0.3 is 6.18 Å². The maximum atomic E-state index is 14.0. The molecule has 0 saturated carbocycles. The number of alkyl halides is 3. The molecule has 3 heterocycles. The Morgan fingerprint density at radius 1 is 1.08 bits per heavy atom. The highest BCUT2D eigenvalue weighted by molar-refractivity contribution is 5.65. The number of hydrogen-bond acceptors (Lipinski definition) is 4. The molecular weight excluding hydrogens is 340 g/mol. The first kappa shape index (κ1) is 15.2. The van der Waals surface area contributed by atoms with Crippen molar-refractivity contribution in [1.29, 1.82) is 0 Å². The van der Waals surface area contributed by atoms with Gasteiger partial charge in [-0.1, -0.05) is 0 Å². The highest BCUT2D eigenvalue weighted by Crippen LogP contribution is 2.29. The highest BCUT2D eigenvalue weighted by Gasteiger charge is 2.33. The largest absolute Gasteiger partial charge is 0.433 e. The van der Waals surface area contributed by atoms with Crippen LogP contribution in [0, 0.1) is 5.82 Å². The van der Waals surface area contributed by atoms with Crippen molar-refractivity contribution in [3.63, 3.8) is 0 Å². The molecule has 0 amide bonds. The molecule has 4 aromatic rings. The highest BCUT2D eigenvalue weighted by atomic mass is 19.4. The van der Waals surface area contributed by atoms with Gasteiger partial charge in [-0.25, -0.2) is 24.0 Å². The molecule has 1 aromatic carbocycles. The van der Waals surface area contributed by atoms with E-state index in [0.29, 0.717) is 11.3 Å². The lowest BCUT2D eigenvalue weighted by Gasteiger charge is -2.08. The molecular formula is C15H8F4N6. The molecule has 0 aliphatic carbocycles. The summed E-state index contributed by atoms with van der Waals surface area (Å²) in [5.41, 5.74) is 0.142. The van der Waals surface area contributed by atoms with E-state index in [1.54, 1.807) is 0 Å². The van der Waals surface area contributed by atoms with Crippen LogP contribution in [-0.2, 0) is 6.18 Å². The minimum absolute atomic E-state index is 0.101. The second-order valence-corrected chi connectivity index (χ2v) is 5.13. The Kier molecular flexibility index (Phi) is 3.27. The third kappa shape index (κ3) is 2.61. The first-order valence-electron chi connectivity index (χ1n) is 7.00. The van der Waals surface area contributed by atoms with Gasteiger partial charge < -0.3 is 0 Å². The first-order valence-corrected chi connectivity index (χ1v) is 7.00. The molecule has 6 nitrogen and oxygen atoms in total. The van der Waals surface area contributed by atoms with E-state index in [9.17, 15) is 17.6 Å². The number of fused-ring (bicyclic) bond motifs is 1. The monoisotopic (exact) mass is 348 g/mol. The fraction of sp³-hybridized carbons (Fsp3) is 0.0667. The molecule has 0 atom stereocenters. The smallest absolute Gasteiger partial charge is 0.284 e. The van der Waals surface area contributed by atoms with Crippen LogP contribution in [0.4, 0.5) is 17.6 Å². The fourth-order valence-electron chi connectivity index (χ4n) is 2.42. The molecule has 0 bridgehead atoms. The van der Waals surface area contributed by atoms with E-state index in [1.165, 1.54) is 52.3 Å². The van der Waals surface area contributed by atoms with Crippen molar-refractivity contribution in [2.45, 2.75) is 6.18 Å². The van der Waals surface area contributed by atoms with Gasteiger partial charge in [-0.15, -0.1) is 0 Å². The summed E-state index contributed by atoms with van der Waals surface area (Å²) in [4.78, 5) is 11.2. The van der Waals surface area contributed by atoms with Gasteiger partial charge in [-0.3, -0.25) is 4.40 Å². The molecule has 0 saturated heterocycles. The van der Waals surface area contributed by atoms with Gasteiger partial charge in [0, 0.05) is 11.8 Å². The summed E-state index contributed by atoms with van der Waals surface area (Å²) in [6, 6.07) is 5.10. The first-order chi connectivity index (χ1) is 11.9. The molecule has 3 aromatic heterocycles. The van der Waals surface area contributed by atoms with E-state index in [1.807, 2.05) is 0 Å². The molecule has 0 spiro atoms. The average Bonchev–Trinajstić information content (AvgIpc) is 3.23. The predicted molar refractivity (Wildman–Crippen MR) is 78.3 cm³/mol. The predicted octanol–water partition coefficient (Wildman–Crippen LogP) is 3.13. The number of nitrogens with zero attached hydrogens (tertiary/aromatic N) is 6. The Labute approximate surface area is 137 Å². The number of aromatic nitrogens is 6. The topological polar surface area (TPSA) is 60.9 Å². The van der Waals surface area contributed by atoms with Crippen molar-refractivity contribution < 1.29 is 17.6 Å². The van der Waals surface area contributed by atoms with Gasteiger partial charge in [0.2, 0.25) is 5.78 Å². The van der Waals surface area contributed by atoms with Crippen LogP contribution in [0.5, 0.6) is 0 Å². The van der Waals surface area contributed by atoms with Crippen molar-refractivity contribution in [3.8, 4) is 16.9 Å². The number of halogens is 4. The molecule has 25 heavy (non-hydrogen) atoms. The summed E-state index contributed by atoms with van der Waals surface area (Å²) in [6.45, 7) is 0. The zero-order chi connectivity index (χ0) is 17.6. The number of rotatable bonds is 2. The third-order valence-corrected chi connectivity index (χ3v) is 3.58. The van der Waals surface area contributed by atoms with Crippen molar-refractivity contribution in [1.82, 2.24) is 29.1 Å². The van der Waals surface area contributed by atoms with E-state index < -0.39 is 17.7 Å². The van der Waals surface area contributed by atoms with Crippen LogP contribution in [-0.4, -0.2) is 29.1 Å². The second kappa shape index (κ2) is 5.36. The van der Waals surface area contributed by atoms with Gasteiger partial charge in [-0.2, -0.15) is 18.3 Å². The zero-order valence-electron chi connectivity index (χ0n) is 12.3. The zero-order valence-corrected chi connectivity index (χ0v) is 12.3. The van der Waals surface area contributed by atoms with Crippen LogP contribution in [0.25, 0.3) is 22.7 Å². The Balaban J connectivity index is 1.84. The van der Waals surface area contributed by atoms with Gasteiger partial charge in [0.1, 0.15) is 29.9 Å². The van der Waals surface area contributed by atoms with E-state index in [0.717, 1.165) is 6.07 Å². The molecule has 4 rings (SSSR count). The Morgan fingerprint density at radius 2 is 1.92 bits per heavy atom. The van der Waals surface area contributed by atoms with Crippen LogP contribution < -0.4 is 0 Å². The lowest BCUT2D eigenvalue weighted by molar-refractivity contribution is -0.141. The van der Waals surface area contributed by atoms with E-state index >= 15 is 0 Å². The lowest BCUT2D eigenvalue weighted by atomic mass is 10.1. The van der Waals surface area contributed by atoms with Gasteiger partial charge in [0.15, 0.2) is 0 Å². The van der Waals surface area contributed by atoms with Crippen LogP contribution in [0.3, 0.4) is 0 Å². The van der Waals surface area contributed by atoms with Crippen molar-refractivity contribution in [2.75, 3.05) is 0 Å². The van der Waals surface area contributed by atoms with Gasteiger partial charge in [0.05, 0.1) is 11.9 Å². The Hall–Kier alpha value is -3.30. The second-order valence-electron chi connectivity index (χ2n) is 5.13. The Bertz CT molecular complexity index is 1050. The quantitative estimate of drug-likeness (QED) is 0.522. The summed E-state index contributed by atoms with van der Waals surface area (Å²) in [6.07, 6.45) is 0.660. The number of benzene rings is 1. The van der Waals surface area contributed by atoms with Crippen LogP contribution in [0.1, 0.15) is 5.69 Å². The van der Waals surface area contributed by atoms with Crippen LogP contribution in [0.15, 0.2) is 49.3 Å². The lowest BCUT2D eigenvalue weighted by Crippen LogP contribution is -2.09. The number of imidazole rings is 1. The molecule has 0 unspecified atom stereocenters. The molecule has 0 N–H and O–H groups in total. The van der Waals surface area contributed by atoms with E-state index in [2.05, 4.69) is 20.1 Å². The molecule has 0 fully saturated rings. The van der Waals surface area contributed by atoms with Gasteiger partial charge in [-0.05, 0) is 24.3 Å². The van der Waals surface area contributed by atoms with Crippen LogP contribution in [0.2, 0.25) is 0 Å². The summed E-state index contributed by atoms with van der Waals surface area (Å²) < 4.78 is 54.9. The van der Waals surface area contributed by atoms with Crippen molar-refractivity contribution in [3.05, 3.63) is 60.8 Å². The van der Waals surface area contributed by atoms with Crippen LogP contribution >= 0.6 is 0 Å². The average molecular weight is 348 g/mol. The summed E-state index contributed by atoms with van der Waals surface area (Å²) >= 11 is 0. The van der Waals surface area contributed by atoms with E-state index in [4.69, 9.17) is 0 Å². The molecule has 0 aliphatic heterocycles.